The molecule has 0 spiro atoms. The molecule has 1 aromatic carbocycles. The maximum absolute atomic E-state index is 6.16. The number of nitrogens with zero attached hydrogens (tertiary/aromatic N) is 1. The normalized spacial score (nSPS) is 18.3. The number of para-hydroxylation sites is 1. The van der Waals surface area contributed by atoms with E-state index in [0.717, 1.165) is 30.0 Å². The van der Waals surface area contributed by atoms with E-state index in [4.69, 9.17) is 5.73 Å². The molecule has 0 atom stereocenters. The van der Waals surface area contributed by atoms with Gasteiger partial charge in [0.1, 0.15) is 0 Å². The number of nitrogens with one attached hydrogen (secondary N) is 1. The Hall–Kier alpha value is -1.13. The lowest BCUT2D eigenvalue weighted by atomic mass is 9.78. The zero-order valence-corrected chi connectivity index (χ0v) is 9.89. The number of hydrogen-bond acceptors (Lipinski definition) is 4. The molecule has 0 amide bonds. The van der Waals surface area contributed by atoms with Crippen molar-refractivity contribution in [2.24, 2.45) is 5.73 Å². The molecule has 1 heterocycles. The van der Waals surface area contributed by atoms with Crippen LogP contribution < -0.4 is 11.1 Å². The van der Waals surface area contributed by atoms with Crippen molar-refractivity contribution in [2.75, 3.05) is 11.9 Å². The van der Waals surface area contributed by atoms with Crippen molar-refractivity contribution < 1.29 is 0 Å². The van der Waals surface area contributed by atoms with Gasteiger partial charge in [-0.2, -0.15) is 0 Å². The summed E-state index contributed by atoms with van der Waals surface area (Å²) in [7, 11) is 0. The van der Waals surface area contributed by atoms with Crippen molar-refractivity contribution >= 4 is 26.7 Å². The van der Waals surface area contributed by atoms with E-state index >= 15 is 0 Å². The van der Waals surface area contributed by atoms with Gasteiger partial charge in [0.25, 0.3) is 0 Å². The predicted octanol–water partition coefficient (Wildman–Crippen LogP) is 2.59. The standard InChI is InChI=1S/C12H15N3S/c13-12(6-3-7-12)8-14-11-15-9-4-1-2-5-10(9)16-11/h1-2,4-5H,3,6-8,13H2,(H,14,15). The number of anilines is 1. The van der Waals surface area contributed by atoms with Gasteiger partial charge in [-0.1, -0.05) is 23.5 Å². The highest BCUT2D eigenvalue weighted by atomic mass is 32.1. The number of rotatable bonds is 3. The van der Waals surface area contributed by atoms with Crippen LogP contribution in [0, 0.1) is 0 Å². The number of hydrogen-bond donors (Lipinski definition) is 2. The third-order valence-corrected chi connectivity index (χ3v) is 4.23. The minimum Gasteiger partial charge on any atom is -0.360 e. The summed E-state index contributed by atoms with van der Waals surface area (Å²) in [6.07, 6.45) is 3.52. The van der Waals surface area contributed by atoms with E-state index in [2.05, 4.69) is 16.4 Å². The van der Waals surface area contributed by atoms with Crippen molar-refractivity contribution in [3.05, 3.63) is 24.3 Å². The monoisotopic (exact) mass is 233 g/mol. The highest BCUT2D eigenvalue weighted by molar-refractivity contribution is 7.22. The van der Waals surface area contributed by atoms with Crippen LogP contribution in [0.1, 0.15) is 19.3 Å². The van der Waals surface area contributed by atoms with Gasteiger partial charge in [-0.3, -0.25) is 0 Å². The Morgan fingerprint density at radius 1 is 1.38 bits per heavy atom. The average molecular weight is 233 g/mol. The second kappa shape index (κ2) is 3.71. The van der Waals surface area contributed by atoms with Crippen LogP contribution in [-0.4, -0.2) is 17.1 Å². The Balaban J connectivity index is 1.74. The van der Waals surface area contributed by atoms with Crippen LogP contribution in [0.4, 0.5) is 5.13 Å². The van der Waals surface area contributed by atoms with Crippen molar-refractivity contribution in [3.63, 3.8) is 0 Å². The molecule has 1 aliphatic carbocycles. The van der Waals surface area contributed by atoms with Crippen LogP contribution in [-0.2, 0) is 0 Å². The van der Waals surface area contributed by atoms with E-state index in [1.807, 2.05) is 18.2 Å². The molecular formula is C12H15N3S. The van der Waals surface area contributed by atoms with Gasteiger partial charge in [-0.15, -0.1) is 0 Å². The van der Waals surface area contributed by atoms with Gasteiger partial charge in [0.15, 0.2) is 5.13 Å². The lowest BCUT2D eigenvalue weighted by Gasteiger charge is -2.38. The third-order valence-electron chi connectivity index (χ3n) is 3.23. The molecule has 2 aromatic rings. The maximum Gasteiger partial charge on any atom is 0.183 e. The molecule has 1 aromatic heterocycles. The minimum absolute atomic E-state index is 0.0118. The van der Waals surface area contributed by atoms with Gasteiger partial charge in [-0.25, -0.2) is 4.98 Å². The fourth-order valence-electron chi connectivity index (χ4n) is 2.01. The molecule has 1 fully saturated rings. The van der Waals surface area contributed by atoms with Crippen LogP contribution in [0.15, 0.2) is 24.3 Å². The summed E-state index contributed by atoms with van der Waals surface area (Å²) in [5, 5.41) is 4.34. The molecule has 0 unspecified atom stereocenters. The first-order valence-corrected chi connectivity index (χ1v) is 6.45. The molecule has 1 aliphatic rings. The SMILES string of the molecule is NC1(CNc2nc3ccccc3s2)CCC1. The largest absolute Gasteiger partial charge is 0.360 e. The van der Waals surface area contributed by atoms with E-state index in [1.54, 1.807) is 11.3 Å². The van der Waals surface area contributed by atoms with Crippen LogP contribution in [0.25, 0.3) is 10.2 Å². The molecule has 3 N–H and O–H groups in total. The van der Waals surface area contributed by atoms with Gasteiger partial charge in [-0.05, 0) is 31.4 Å². The predicted molar refractivity (Wildman–Crippen MR) is 68.9 cm³/mol. The molecule has 0 saturated heterocycles. The molecule has 84 valence electrons. The Morgan fingerprint density at radius 2 is 2.19 bits per heavy atom. The Bertz CT molecular complexity index is 469. The second-order valence-corrected chi connectivity index (χ2v) is 5.59. The minimum atomic E-state index is 0.0118. The molecule has 4 heteroatoms. The van der Waals surface area contributed by atoms with Crippen LogP contribution in [0.5, 0.6) is 0 Å². The zero-order valence-electron chi connectivity index (χ0n) is 9.07. The Morgan fingerprint density at radius 3 is 2.88 bits per heavy atom. The van der Waals surface area contributed by atoms with Crippen LogP contribution >= 0.6 is 11.3 Å². The molecule has 3 rings (SSSR count). The van der Waals surface area contributed by atoms with Gasteiger partial charge in [0.05, 0.1) is 10.2 Å². The molecule has 1 saturated carbocycles. The first kappa shape index (κ1) is 10.1. The molecule has 3 nitrogen and oxygen atoms in total. The van der Waals surface area contributed by atoms with Crippen molar-refractivity contribution in [2.45, 2.75) is 24.8 Å². The van der Waals surface area contributed by atoms with E-state index < -0.39 is 0 Å². The van der Waals surface area contributed by atoms with E-state index in [1.165, 1.54) is 11.1 Å². The Labute approximate surface area is 98.7 Å². The van der Waals surface area contributed by atoms with E-state index in [0.29, 0.717) is 0 Å². The van der Waals surface area contributed by atoms with Crippen molar-refractivity contribution in [1.82, 2.24) is 4.98 Å². The molecule has 0 radical (unpaired) electrons. The van der Waals surface area contributed by atoms with Gasteiger partial charge in [0.2, 0.25) is 0 Å². The van der Waals surface area contributed by atoms with Crippen LogP contribution in [0.3, 0.4) is 0 Å². The molecule has 0 bridgehead atoms. The van der Waals surface area contributed by atoms with E-state index in [9.17, 15) is 0 Å². The molecule has 0 aliphatic heterocycles. The third kappa shape index (κ3) is 1.79. The number of thiazole rings is 1. The summed E-state index contributed by atoms with van der Waals surface area (Å²) in [6, 6.07) is 8.20. The zero-order chi connectivity index (χ0) is 11.0. The van der Waals surface area contributed by atoms with E-state index in [-0.39, 0.29) is 5.54 Å². The smallest absolute Gasteiger partial charge is 0.183 e. The second-order valence-electron chi connectivity index (χ2n) is 4.56. The fraction of sp³-hybridized carbons (Fsp3) is 0.417. The van der Waals surface area contributed by atoms with Gasteiger partial charge >= 0.3 is 0 Å². The van der Waals surface area contributed by atoms with Gasteiger partial charge < -0.3 is 11.1 Å². The first-order chi connectivity index (χ1) is 7.75. The summed E-state index contributed by atoms with van der Waals surface area (Å²) >= 11 is 1.69. The highest BCUT2D eigenvalue weighted by Gasteiger charge is 2.32. The quantitative estimate of drug-likeness (QED) is 0.856. The van der Waals surface area contributed by atoms with Crippen LogP contribution in [0.2, 0.25) is 0 Å². The van der Waals surface area contributed by atoms with Gasteiger partial charge in [0, 0.05) is 12.1 Å². The lowest BCUT2D eigenvalue weighted by molar-refractivity contribution is 0.265. The number of benzene rings is 1. The fourth-order valence-corrected chi connectivity index (χ4v) is 2.87. The average Bonchev–Trinajstić information content (AvgIpc) is 2.66. The molecule has 16 heavy (non-hydrogen) atoms. The number of aromatic nitrogens is 1. The van der Waals surface area contributed by atoms with Crippen molar-refractivity contribution in [3.8, 4) is 0 Å². The number of fused-ring (bicyclic) bond motifs is 1. The summed E-state index contributed by atoms with van der Waals surface area (Å²) in [4.78, 5) is 4.53. The first-order valence-electron chi connectivity index (χ1n) is 5.64. The lowest BCUT2D eigenvalue weighted by Crippen LogP contribution is -2.51. The van der Waals surface area contributed by atoms with Crippen molar-refractivity contribution in [1.29, 1.82) is 0 Å². The maximum atomic E-state index is 6.16. The highest BCUT2D eigenvalue weighted by Crippen LogP contribution is 2.31. The Kier molecular flexibility index (Phi) is 2.33. The topological polar surface area (TPSA) is 50.9 Å². The summed E-state index contributed by atoms with van der Waals surface area (Å²) in [5.41, 5.74) is 7.24. The number of nitrogens with two attached hydrogens (primary N) is 1. The molecular weight excluding hydrogens is 218 g/mol. The summed E-state index contributed by atoms with van der Waals surface area (Å²) in [6.45, 7) is 0.840. The summed E-state index contributed by atoms with van der Waals surface area (Å²) in [5.74, 6) is 0. The summed E-state index contributed by atoms with van der Waals surface area (Å²) < 4.78 is 1.23.